The molecule has 3 aliphatic carbocycles. The Kier molecular flexibility index (Phi) is 1.68. The predicted octanol–water partition coefficient (Wildman–Crippen LogP) is 2.94. The summed E-state index contributed by atoms with van der Waals surface area (Å²) >= 11 is 0. The molecule has 0 aromatic heterocycles. The monoisotopic (exact) mass is 193 g/mol. The first kappa shape index (κ1) is 9.21. The molecule has 0 amide bonds. The van der Waals surface area contributed by atoms with Crippen LogP contribution in [-0.2, 0) is 0 Å². The third-order valence-electron chi connectivity index (χ3n) is 5.96. The van der Waals surface area contributed by atoms with Crippen molar-refractivity contribution in [2.45, 2.75) is 58.4 Å². The lowest BCUT2D eigenvalue weighted by molar-refractivity contribution is 0.0197. The summed E-state index contributed by atoms with van der Waals surface area (Å²) in [7, 11) is 0. The zero-order valence-corrected chi connectivity index (χ0v) is 9.55. The van der Waals surface area contributed by atoms with Crippen LogP contribution in [0.4, 0.5) is 0 Å². The van der Waals surface area contributed by atoms with Crippen LogP contribution in [0.15, 0.2) is 0 Å². The molecule has 2 N–H and O–H groups in total. The van der Waals surface area contributed by atoms with Gasteiger partial charge >= 0.3 is 0 Å². The Balaban J connectivity index is 2.03. The van der Waals surface area contributed by atoms with Gasteiger partial charge in [-0.15, -0.1) is 0 Å². The van der Waals surface area contributed by atoms with E-state index in [-0.39, 0.29) is 0 Å². The maximum absolute atomic E-state index is 6.54. The van der Waals surface area contributed by atoms with Crippen LogP contribution in [0.3, 0.4) is 0 Å². The molecule has 0 aliphatic heterocycles. The number of rotatable bonds is 0. The Bertz CT molecular complexity index is 254. The van der Waals surface area contributed by atoms with Gasteiger partial charge in [-0.3, -0.25) is 0 Å². The van der Waals surface area contributed by atoms with Gasteiger partial charge in [0.05, 0.1) is 0 Å². The second-order valence-electron chi connectivity index (χ2n) is 6.57. The highest BCUT2D eigenvalue weighted by Gasteiger charge is 2.64. The number of fused-ring (bicyclic) bond motifs is 3. The Morgan fingerprint density at radius 2 is 1.93 bits per heavy atom. The molecule has 80 valence electrons. The van der Waals surface area contributed by atoms with Crippen molar-refractivity contribution in [2.24, 2.45) is 28.4 Å². The van der Waals surface area contributed by atoms with Gasteiger partial charge in [-0.1, -0.05) is 20.3 Å². The van der Waals surface area contributed by atoms with E-state index in [0.717, 1.165) is 11.8 Å². The molecule has 2 bridgehead atoms. The van der Waals surface area contributed by atoms with Crippen molar-refractivity contribution < 1.29 is 0 Å². The highest BCUT2D eigenvalue weighted by molar-refractivity contribution is 5.15. The molecule has 1 heteroatoms. The lowest BCUT2D eigenvalue weighted by atomic mass is 9.57. The maximum Gasteiger partial charge on any atom is 0.0132 e. The minimum Gasteiger partial charge on any atom is -0.327 e. The maximum atomic E-state index is 6.54. The fourth-order valence-corrected chi connectivity index (χ4v) is 5.27. The van der Waals surface area contributed by atoms with Gasteiger partial charge in [0, 0.05) is 6.04 Å². The molecule has 1 spiro atoms. The Morgan fingerprint density at radius 3 is 2.43 bits per heavy atom. The van der Waals surface area contributed by atoms with Crippen LogP contribution in [0.25, 0.3) is 0 Å². The fraction of sp³-hybridized carbons (Fsp3) is 1.00. The summed E-state index contributed by atoms with van der Waals surface area (Å²) in [4.78, 5) is 0. The second-order valence-corrected chi connectivity index (χ2v) is 6.57. The normalized spacial score (nSPS) is 54.6. The molecule has 4 atom stereocenters. The Labute approximate surface area is 87.4 Å². The third-order valence-corrected chi connectivity index (χ3v) is 5.96. The number of hydrogen-bond donors (Lipinski definition) is 1. The Hall–Kier alpha value is -0.0400. The summed E-state index contributed by atoms with van der Waals surface area (Å²) in [5.41, 5.74) is 7.59. The molecule has 3 saturated carbocycles. The van der Waals surface area contributed by atoms with E-state index >= 15 is 0 Å². The van der Waals surface area contributed by atoms with Crippen molar-refractivity contribution in [2.75, 3.05) is 0 Å². The molecule has 0 saturated heterocycles. The van der Waals surface area contributed by atoms with E-state index in [2.05, 4.69) is 13.8 Å². The first-order valence-corrected chi connectivity index (χ1v) is 6.33. The largest absolute Gasteiger partial charge is 0.327 e. The van der Waals surface area contributed by atoms with Crippen LogP contribution in [0, 0.1) is 22.7 Å². The molecule has 1 unspecified atom stereocenters. The summed E-state index contributed by atoms with van der Waals surface area (Å²) in [5.74, 6) is 1.84. The lowest BCUT2D eigenvalue weighted by Gasteiger charge is -2.49. The van der Waals surface area contributed by atoms with E-state index in [0.29, 0.717) is 16.9 Å². The molecular weight excluding hydrogens is 170 g/mol. The summed E-state index contributed by atoms with van der Waals surface area (Å²) in [6.45, 7) is 4.95. The van der Waals surface area contributed by atoms with Crippen LogP contribution < -0.4 is 5.73 Å². The van der Waals surface area contributed by atoms with E-state index in [1.54, 1.807) is 0 Å². The van der Waals surface area contributed by atoms with Gasteiger partial charge in [0.1, 0.15) is 0 Å². The highest BCUT2D eigenvalue weighted by atomic mass is 14.8. The van der Waals surface area contributed by atoms with E-state index in [1.165, 1.54) is 38.5 Å². The van der Waals surface area contributed by atoms with Crippen LogP contribution in [-0.4, -0.2) is 6.04 Å². The highest BCUT2D eigenvalue weighted by Crippen LogP contribution is 2.68. The molecule has 0 radical (unpaired) electrons. The molecule has 0 aromatic carbocycles. The van der Waals surface area contributed by atoms with Crippen LogP contribution in [0.1, 0.15) is 52.4 Å². The van der Waals surface area contributed by atoms with Gasteiger partial charge in [0.2, 0.25) is 0 Å². The van der Waals surface area contributed by atoms with Crippen LogP contribution in [0.2, 0.25) is 0 Å². The zero-order valence-electron chi connectivity index (χ0n) is 9.55. The lowest BCUT2D eigenvalue weighted by Crippen LogP contribution is -2.52. The van der Waals surface area contributed by atoms with Crippen LogP contribution >= 0.6 is 0 Å². The number of hydrogen-bond acceptors (Lipinski definition) is 1. The standard InChI is InChI=1S/C13H23N/c1-12(2)6-3-7-13(12)10-5-4-9(8-10)11(13)14/h9-11H,3-8,14H2,1-2H3/t9-,10+,11-,13?/m1/s1. The quantitative estimate of drug-likeness (QED) is 0.629. The van der Waals surface area contributed by atoms with Gasteiger partial charge in [0.25, 0.3) is 0 Å². The zero-order chi connectivity index (χ0) is 9.97. The van der Waals surface area contributed by atoms with E-state index in [4.69, 9.17) is 5.73 Å². The van der Waals surface area contributed by atoms with Gasteiger partial charge in [0.15, 0.2) is 0 Å². The molecule has 3 fully saturated rings. The van der Waals surface area contributed by atoms with Crippen molar-refractivity contribution in [1.29, 1.82) is 0 Å². The summed E-state index contributed by atoms with van der Waals surface area (Å²) in [6, 6.07) is 0.527. The van der Waals surface area contributed by atoms with Crippen molar-refractivity contribution >= 4 is 0 Å². The Morgan fingerprint density at radius 1 is 1.14 bits per heavy atom. The molecule has 0 aromatic rings. The topological polar surface area (TPSA) is 26.0 Å². The van der Waals surface area contributed by atoms with Gasteiger partial charge in [-0.2, -0.15) is 0 Å². The molecular formula is C13H23N. The molecule has 0 heterocycles. The summed E-state index contributed by atoms with van der Waals surface area (Å²) in [5, 5.41) is 0. The minimum absolute atomic E-state index is 0.520. The van der Waals surface area contributed by atoms with E-state index < -0.39 is 0 Å². The van der Waals surface area contributed by atoms with Gasteiger partial charge in [-0.05, 0) is 54.8 Å². The van der Waals surface area contributed by atoms with Crippen molar-refractivity contribution in [1.82, 2.24) is 0 Å². The fourth-order valence-electron chi connectivity index (χ4n) is 5.27. The minimum atomic E-state index is 0.520. The van der Waals surface area contributed by atoms with Crippen molar-refractivity contribution in [3.05, 3.63) is 0 Å². The molecule has 1 nitrogen and oxygen atoms in total. The molecule has 3 aliphatic rings. The first-order valence-electron chi connectivity index (χ1n) is 6.33. The number of nitrogens with two attached hydrogens (primary N) is 1. The second kappa shape index (κ2) is 2.55. The molecule has 14 heavy (non-hydrogen) atoms. The summed E-state index contributed by atoms with van der Waals surface area (Å²) in [6.07, 6.45) is 8.59. The summed E-state index contributed by atoms with van der Waals surface area (Å²) < 4.78 is 0. The third kappa shape index (κ3) is 0.816. The van der Waals surface area contributed by atoms with E-state index in [9.17, 15) is 0 Å². The predicted molar refractivity (Wildman–Crippen MR) is 58.9 cm³/mol. The van der Waals surface area contributed by atoms with Gasteiger partial charge in [-0.25, -0.2) is 0 Å². The van der Waals surface area contributed by atoms with Crippen LogP contribution in [0.5, 0.6) is 0 Å². The van der Waals surface area contributed by atoms with E-state index in [1.807, 2.05) is 0 Å². The van der Waals surface area contributed by atoms with Crippen molar-refractivity contribution in [3.8, 4) is 0 Å². The average Bonchev–Trinajstić information content (AvgIpc) is 2.72. The smallest absolute Gasteiger partial charge is 0.0132 e. The first-order chi connectivity index (χ1) is 6.58. The SMILES string of the molecule is CC1(C)CCCC12[C@H]1CC[C@H](C1)[C@H]2N. The van der Waals surface area contributed by atoms with Crippen molar-refractivity contribution in [3.63, 3.8) is 0 Å². The molecule has 3 rings (SSSR count). The van der Waals surface area contributed by atoms with Gasteiger partial charge < -0.3 is 5.73 Å². The average molecular weight is 193 g/mol.